The van der Waals surface area contributed by atoms with Crippen LogP contribution in [0.3, 0.4) is 0 Å². The molecule has 2 nitrogen and oxygen atoms in total. The van der Waals surface area contributed by atoms with E-state index in [-0.39, 0.29) is 0 Å². The minimum atomic E-state index is -0.693. The van der Waals surface area contributed by atoms with Crippen molar-refractivity contribution in [3.8, 4) is 0 Å². The summed E-state index contributed by atoms with van der Waals surface area (Å²) >= 11 is 0. The molecule has 2 heteroatoms. The summed E-state index contributed by atoms with van der Waals surface area (Å²) in [4.78, 5) is 9.76. The summed E-state index contributed by atoms with van der Waals surface area (Å²) < 4.78 is 0. The number of carboxylic acid groups (broad SMARTS) is 1. The van der Waals surface area contributed by atoms with Crippen LogP contribution in [0.15, 0.2) is 36.9 Å². The maximum Gasteiger partial charge on any atom is 0.303 e. The zero-order valence-corrected chi connectivity index (χ0v) is 9.15. The minimum Gasteiger partial charge on any atom is -0.481 e. The van der Waals surface area contributed by atoms with Crippen LogP contribution in [-0.4, -0.2) is 11.1 Å². The number of hydrogen-bond acceptors (Lipinski definition) is 1. The van der Waals surface area contributed by atoms with E-state index >= 15 is 0 Å². The highest BCUT2D eigenvalue weighted by molar-refractivity contribution is 5.66. The average molecular weight is 206 g/mol. The second-order valence-electron chi connectivity index (χ2n) is 3.11. The molecule has 0 aliphatic heterocycles. The van der Waals surface area contributed by atoms with Gasteiger partial charge in [0.25, 0.3) is 0 Å². The van der Waals surface area contributed by atoms with Crippen LogP contribution in [0.25, 0.3) is 6.08 Å². The fourth-order valence-corrected chi connectivity index (χ4v) is 0.917. The van der Waals surface area contributed by atoms with E-state index in [1.165, 1.54) is 5.56 Å². The molecule has 0 bridgehead atoms. The number of aliphatic carboxylic acids is 1. The van der Waals surface area contributed by atoms with E-state index in [0.29, 0.717) is 6.42 Å². The predicted molar refractivity (Wildman–Crippen MR) is 63.7 cm³/mol. The zero-order chi connectivity index (χ0) is 11.5. The maximum atomic E-state index is 9.76. The van der Waals surface area contributed by atoms with Gasteiger partial charge in [-0.3, -0.25) is 4.79 Å². The Kier molecular flexibility index (Phi) is 8.06. The van der Waals surface area contributed by atoms with Crippen LogP contribution < -0.4 is 0 Å². The Morgan fingerprint density at radius 2 is 2.00 bits per heavy atom. The predicted octanol–water partition coefficient (Wildman–Crippen LogP) is 3.59. The first-order valence-electron chi connectivity index (χ1n) is 5.10. The third-order valence-electron chi connectivity index (χ3n) is 1.78. The van der Waals surface area contributed by atoms with Crippen molar-refractivity contribution < 1.29 is 9.90 Å². The molecule has 0 saturated carbocycles. The second-order valence-corrected chi connectivity index (χ2v) is 3.11. The molecule has 1 rings (SSSR count). The van der Waals surface area contributed by atoms with Crippen molar-refractivity contribution >= 4 is 12.0 Å². The molecule has 0 amide bonds. The molecule has 82 valence electrons. The summed E-state index contributed by atoms with van der Waals surface area (Å²) in [6, 6.07) is 10.0. The standard InChI is InChI=1S/C8H8.C5H10O2/c1-2-8-6-4-3-5-7-8;1-2-3-4-5(6)7/h2-7H,1H2;2-4H2,1H3,(H,6,7). The SMILES string of the molecule is C=Cc1ccccc1.CCCCC(=O)O. The summed E-state index contributed by atoms with van der Waals surface area (Å²) in [5.41, 5.74) is 1.17. The van der Waals surface area contributed by atoms with Crippen LogP contribution >= 0.6 is 0 Å². The summed E-state index contributed by atoms with van der Waals surface area (Å²) in [6.45, 7) is 5.61. The highest BCUT2D eigenvalue weighted by Crippen LogP contribution is 1.97. The van der Waals surface area contributed by atoms with E-state index in [0.717, 1.165) is 12.8 Å². The topological polar surface area (TPSA) is 37.3 Å². The number of unbranched alkanes of at least 4 members (excludes halogenated alkanes) is 1. The van der Waals surface area contributed by atoms with Gasteiger partial charge in [-0.05, 0) is 12.0 Å². The van der Waals surface area contributed by atoms with E-state index in [9.17, 15) is 4.79 Å². The van der Waals surface area contributed by atoms with Crippen molar-refractivity contribution in [1.29, 1.82) is 0 Å². The average Bonchev–Trinajstić information content (AvgIpc) is 2.28. The first-order chi connectivity index (χ1) is 7.20. The van der Waals surface area contributed by atoms with Gasteiger partial charge in [-0.1, -0.05) is 56.3 Å². The minimum absolute atomic E-state index is 0.316. The molecule has 0 unspecified atom stereocenters. The second kappa shape index (κ2) is 9.00. The summed E-state index contributed by atoms with van der Waals surface area (Å²) in [7, 11) is 0. The molecule has 0 aliphatic carbocycles. The van der Waals surface area contributed by atoms with Gasteiger partial charge in [0.1, 0.15) is 0 Å². The number of benzene rings is 1. The van der Waals surface area contributed by atoms with Gasteiger partial charge in [0.15, 0.2) is 0 Å². The quantitative estimate of drug-likeness (QED) is 0.817. The van der Waals surface area contributed by atoms with Crippen LogP contribution in [0.5, 0.6) is 0 Å². The first kappa shape index (κ1) is 13.4. The van der Waals surface area contributed by atoms with Gasteiger partial charge in [-0.2, -0.15) is 0 Å². The molecular formula is C13H18O2. The Balaban J connectivity index is 0.000000265. The van der Waals surface area contributed by atoms with Gasteiger partial charge in [-0.25, -0.2) is 0 Å². The van der Waals surface area contributed by atoms with Crippen molar-refractivity contribution in [1.82, 2.24) is 0 Å². The third-order valence-corrected chi connectivity index (χ3v) is 1.78. The molecule has 15 heavy (non-hydrogen) atoms. The lowest BCUT2D eigenvalue weighted by molar-refractivity contribution is -0.137. The highest BCUT2D eigenvalue weighted by atomic mass is 16.4. The van der Waals surface area contributed by atoms with Gasteiger partial charge < -0.3 is 5.11 Å². The van der Waals surface area contributed by atoms with Gasteiger partial charge in [0.05, 0.1) is 0 Å². The van der Waals surface area contributed by atoms with E-state index in [4.69, 9.17) is 5.11 Å². The van der Waals surface area contributed by atoms with Crippen molar-refractivity contribution in [2.75, 3.05) is 0 Å². The Hall–Kier alpha value is -1.57. The number of carboxylic acids is 1. The van der Waals surface area contributed by atoms with E-state index < -0.39 is 5.97 Å². The Morgan fingerprint density at radius 1 is 1.40 bits per heavy atom. The highest BCUT2D eigenvalue weighted by Gasteiger charge is 1.90. The van der Waals surface area contributed by atoms with E-state index in [1.807, 2.05) is 43.3 Å². The molecular weight excluding hydrogens is 188 g/mol. The van der Waals surface area contributed by atoms with Gasteiger partial charge in [0, 0.05) is 6.42 Å². The summed E-state index contributed by atoms with van der Waals surface area (Å²) in [6.07, 6.45) is 3.91. The number of carbonyl (C=O) groups is 1. The van der Waals surface area contributed by atoms with Crippen LogP contribution in [0.4, 0.5) is 0 Å². The first-order valence-corrected chi connectivity index (χ1v) is 5.10. The number of hydrogen-bond donors (Lipinski definition) is 1. The van der Waals surface area contributed by atoms with E-state index in [2.05, 4.69) is 6.58 Å². The molecule has 0 atom stereocenters. The van der Waals surface area contributed by atoms with Crippen LogP contribution in [-0.2, 0) is 4.79 Å². The van der Waals surface area contributed by atoms with Crippen LogP contribution in [0.1, 0.15) is 31.7 Å². The molecule has 1 N–H and O–H groups in total. The van der Waals surface area contributed by atoms with Crippen molar-refractivity contribution in [2.24, 2.45) is 0 Å². The van der Waals surface area contributed by atoms with Gasteiger partial charge >= 0.3 is 5.97 Å². The van der Waals surface area contributed by atoms with Gasteiger partial charge in [0.2, 0.25) is 0 Å². The molecule has 0 aromatic heterocycles. The summed E-state index contributed by atoms with van der Waals surface area (Å²) in [5, 5.41) is 8.04. The normalized spacial score (nSPS) is 8.60. The Bertz CT molecular complexity index is 278. The van der Waals surface area contributed by atoms with Crippen LogP contribution in [0.2, 0.25) is 0 Å². The molecule has 0 spiro atoms. The van der Waals surface area contributed by atoms with E-state index in [1.54, 1.807) is 0 Å². The molecule has 1 aromatic rings. The molecule has 0 aliphatic rings. The van der Waals surface area contributed by atoms with Crippen LogP contribution in [0, 0.1) is 0 Å². The van der Waals surface area contributed by atoms with Gasteiger partial charge in [-0.15, -0.1) is 0 Å². The van der Waals surface area contributed by atoms with Crippen molar-refractivity contribution in [3.05, 3.63) is 42.5 Å². The monoisotopic (exact) mass is 206 g/mol. The molecule has 0 fully saturated rings. The van der Waals surface area contributed by atoms with Crippen molar-refractivity contribution in [3.63, 3.8) is 0 Å². The smallest absolute Gasteiger partial charge is 0.303 e. The lowest BCUT2D eigenvalue weighted by atomic mass is 10.2. The number of rotatable bonds is 4. The largest absolute Gasteiger partial charge is 0.481 e. The Labute approximate surface area is 91.3 Å². The molecule has 0 heterocycles. The lowest BCUT2D eigenvalue weighted by Crippen LogP contribution is -1.91. The third kappa shape index (κ3) is 8.75. The summed E-state index contributed by atoms with van der Waals surface area (Å²) in [5.74, 6) is -0.693. The molecule has 1 aromatic carbocycles. The maximum absolute atomic E-state index is 9.76. The fraction of sp³-hybridized carbons (Fsp3) is 0.308. The zero-order valence-electron chi connectivity index (χ0n) is 9.15. The fourth-order valence-electron chi connectivity index (χ4n) is 0.917. The van der Waals surface area contributed by atoms with Crippen molar-refractivity contribution in [2.45, 2.75) is 26.2 Å². The Morgan fingerprint density at radius 3 is 2.27 bits per heavy atom. The molecule has 0 radical (unpaired) electrons. The lowest BCUT2D eigenvalue weighted by Gasteiger charge is -1.85. The molecule has 0 saturated heterocycles.